The fraction of sp³-hybridized carbons (Fsp3) is 0.818. The SMILES string of the molecule is C=C1CCC(CCCCCC)S1. The third kappa shape index (κ3) is 3.66. The molecule has 0 saturated carbocycles. The minimum absolute atomic E-state index is 0.911. The van der Waals surface area contributed by atoms with Gasteiger partial charge in [-0.1, -0.05) is 39.2 Å². The van der Waals surface area contributed by atoms with Crippen LogP contribution in [0.3, 0.4) is 0 Å². The highest BCUT2D eigenvalue weighted by atomic mass is 32.2. The van der Waals surface area contributed by atoms with E-state index < -0.39 is 0 Å². The summed E-state index contributed by atoms with van der Waals surface area (Å²) in [7, 11) is 0. The molecule has 0 aromatic carbocycles. The molecule has 0 N–H and O–H groups in total. The molecule has 1 fully saturated rings. The van der Waals surface area contributed by atoms with Crippen molar-refractivity contribution in [2.45, 2.75) is 57.1 Å². The van der Waals surface area contributed by atoms with E-state index in [1.165, 1.54) is 49.9 Å². The summed E-state index contributed by atoms with van der Waals surface area (Å²) in [6.07, 6.45) is 9.70. The molecule has 0 amide bonds. The van der Waals surface area contributed by atoms with Crippen molar-refractivity contribution >= 4 is 11.8 Å². The van der Waals surface area contributed by atoms with Crippen molar-refractivity contribution in [2.24, 2.45) is 0 Å². The molecule has 1 aliphatic heterocycles. The van der Waals surface area contributed by atoms with Gasteiger partial charge in [0, 0.05) is 5.25 Å². The predicted molar refractivity (Wildman–Crippen MR) is 58.5 cm³/mol. The molecule has 1 atom stereocenters. The maximum absolute atomic E-state index is 4.01. The van der Waals surface area contributed by atoms with Crippen LogP contribution in [0.1, 0.15) is 51.9 Å². The second-order valence-electron chi connectivity index (χ2n) is 3.67. The van der Waals surface area contributed by atoms with E-state index in [4.69, 9.17) is 0 Å². The van der Waals surface area contributed by atoms with E-state index >= 15 is 0 Å². The van der Waals surface area contributed by atoms with Gasteiger partial charge in [0.1, 0.15) is 0 Å². The van der Waals surface area contributed by atoms with Crippen LogP contribution in [0.2, 0.25) is 0 Å². The highest BCUT2D eigenvalue weighted by Crippen LogP contribution is 2.38. The van der Waals surface area contributed by atoms with Crippen LogP contribution >= 0.6 is 11.8 Å². The van der Waals surface area contributed by atoms with Gasteiger partial charge in [-0.05, 0) is 24.2 Å². The maximum Gasteiger partial charge on any atom is 0.00943 e. The van der Waals surface area contributed by atoms with Crippen molar-refractivity contribution in [3.8, 4) is 0 Å². The Hall–Kier alpha value is 0.0900. The van der Waals surface area contributed by atoms with Gasteiger partial charge >= 0.3 is 0 Å². The molecule has 0 aromatic rings. The third-order valence-electron chi connectivity index (χ3n) is 2.46. The van der Waals surface area contributed by atoms with Crippen molar-refractivity contribution in [3.63, 3.8) is 0 Å². The van der Waals surface area contributed by atoms with Crippen LogP contribution in [-0.4, -0.2) is 5.25 Å². The van der Waals surface area contributed by atoms with Crippen LogP contribution < -0.4 is 0 Å². The molecule has 70 valence electrons. The van der Waals surface area contributed by atoms with E-state index in [9.17, 15) is 0 Å². The summed E-state index contributed by atoms with van der Waals surface area (Å²) < 4.78 is 0. The Balaban J connectivity index is 1.97. The molecule has 0 spiro atoms. The highest BCUT2D eigenvalue weighted by Gasteiger charge is 2.17. The number of hydrogen-bond acceptors (Lipinski definition) is 1. The largest absolute Gasteiger partial charge is 0.128 e. The predicted octanol–water partition coefficient (Wildman–Crippen LogP) is 4.37. The standard InChI is InChI=1S/C11H20S/c1-3-4-5-6-7-11-9-8-10(2)12-11/h11H,2-9H2,1H3. The first-order valence-electron chi connectivity index (χ1n) is 5.17. The Bertz CT molecular complexity index is 140. The molecule has 1 heteroatoms. The smallest absolute Gasteiger partial charge is 0.00943 e. The Morgan fingerprint density at radius 2 is 2.25 bits per heavy atom. The zero-order valence-corrected chi connectivity index (χ0v) is 8.96. The van der Waals surface area contributed by atoms with Crippen molar-refractivity contribution in [1.82, 2.24) is 0 Å². The number of unbranched alkanes of at least 4 members (excludes halogenated alkanes) is 3. The van der Waals surface area contributed by atoms with Crippen LogP contribution in [0.25, 0.3) is 0 Å². The Kier molecular flexibility index (Phi) is 4.82. The number of hydrogen-bond donors (Lipinski definition) is 0. The topological polar surface area (TPSA) is 0 Å². The Morgan fingerprint density at radius 1 is 1.42 bits per heavy atom. The van der Waals surface area contributed by atoms with Crippen LogP contribution in [-0.2, 0) is 0 Å². The maximum atomic E-state index is 4.01. The molecule has 12 heavy (non-hydrogen) atoms. The van der Waals surface area contributed by atoms with Crippen molar-refractivity contribution < 1.29 is 0 Å². The summed E-state index contributed by atoms with van der Waals surface area (Å²) in [5.74, 6) is 0. The van der Waals surface area contributed by atoms with Gasteiger partial charge in [-0.25, -0.2) is 0 Å². The van der Waals surface area contributed by atoms with E-state index in [0.29, 0.717) is 0 Å². The van der Waals surface area contributed by atoms with Gasteiger partial charge in [-0.15, -0.1) is 11.8 Å². The van der Waals surface area contributed by atoms with Crippen molar-refractivity contribution in [1.29, 1.82) is 0 Å². The van der Waals surface area contributed by atoms with Crippen molar-refractivity contribution in [3.05, 3.63) is 11.5 Å². The summed E-state index contributed by atoms with van der Waals surface area (Å²) in [5, 5.41) is 0.911. The number of rotatable bonds is 5. The van der Waals surface area contributed by atoms with E-state index in [0.717, 1.165) is 5.25 Å². The second-order valence-corrected chi connectivity index (χ2v) is 5.15. The summed E-state index contributed by atoms with van der Waals surface area (Å²) in [6, 6.07) is 0. The Labute approximate surface area is 80.8 Å². The Morgan fingerprint density at radius 3 is 2.83 bits per heavy atom. The van der Waals surface area contributed by atoms with E-state index in [1.54, 1.807) is 0 Å². The molecule has 0 radical (unpaired) electrons. The first-order valence-corrected chi connectivity index (χ1v) is 6.05. The molecule has 0 bridgehead atoms. The van der Waals surface area contributed by atoms with Gasteiger partial charge in [0.05, 0.1) is 0 Å². The molecule has 0 nitrogen and oxygen atoms in total. The van der Waals surface area contributed by atoms with E-state index in [2.05, 4.69) is 13.5 Å². The van der Waals surface area contributed by atoms with Crippen LogP contribution in [0, 0.1) is 0 Å². The highest BCUT2D eigenvalue weighted by molar-refractivity contribution is 8.03. The minimum atomic E-state index is 0.911. The lowest BCUT2D eigenvalue weighted by Gasteiger charge is -2.06. The molecular weight excluding hydrogens is 164 g/mol. The van der Waals surface area contributed by atoms with Gasteiger partial charge in [0.15, 0.2) is 0 Å². The molecule has 0 aliphatic carbocycles. The molecule has 1 aliphatic rings. The fourth-order valence-electron chi connectivity index (χ4n) is 1.68. The van der Waals surface area contributed by atoms with Crippen molar-refractivity contribution in [2.75, 3.05) is 0 Å². The van der Waals surface area contributed by atoms with Gasteiger partial charge in [-0.2, -0.15) is 0 Å². The van der Waals surface area contributed by atoms with Gasteiger partial charge in [0.25, 0.3) is 0 Å². The van der Waals surface area contributed by atoms with Gasteiger partial charge in [-0.3, -0.25) is 0 Å². The fourth-order valence-corrected chi connectivity index (χ4v) is 2.90. The summed E-state index contributed by atoms with van der Waals surface area (Å²) in [5.41, 5.74) is 0. The molecular formula is C11H20S. The molecule has 0 aromatic heterocycles. The number of thioether (sulfide) groups is 1. The lowest BCUT2D eigenvalue weighted by Crippen LogP contribution is -1.95. The average Bonchev–Trinajstić information content (AvgIpc) is 2.45. The first kappa shape index (κ1) is 10.2. The molecule has 1 unspecified atom stereocenters. The molecule has 1 rings (SSSR count). The van der Waals surface area contributed by atoms with Crippen LogP contribution in [0.5, 0.6) is 0 Å². The average molecular weight is 184 g/mol. The normalized spacial score (nSPS) is 23.4. The molecule has 1 heterocycles. The van der Waals surface area contributed by atoms with Gasteiger partial charge < -0.3 is 0 Å². The lowest BCUT2D eigenvalue weighted by atomic mass is 10.1. The zero-order valence-electron chi connectivity index (χ0n) is 8.14. The summed E-state index contributed by atoms with van der Waals surface area (Å²) in [4.78, 5) is 1.41. The first-order chi connectivity index (χ1) is 5.83. The van der Waals surface area contributed by atoms with E-state index in [1.807, 2.05) is 11.8 Å². The molecule has 1 saturated heterocycles. The van der Waals surface area contributed by atoms with E-state index in [-0.39, 0.29) is 0 Å². The van der Waals surface area contributed by atoms with Crippen LogP contribution in [0.15, 0.2) is 11.5 Å². The quantitative estimate of drug-likeness (QED) is 0.572. The minimum Gasteiger partial charge on any atom is -0.128 e. The number of allylic oxidation sites excluding steroid dienone is 1. The monoisotopic (exact) mass is 184 g/mol. The summed E-state index contributed by atoms with van der Waals surface area (Å²) >= 11 is 2.03. The van der Waals surface area contributed by atoms with Crippen LogP contribution in [0.4, 0.5) is 0 Å². The second kappa shape index (κ2) is 5.69. The summed E-state index contributed by atoms with van der Waals surface area (Å²) in [6.45, 7) is 6.28. The third-order valence-corrected chi connectivity index (χ3v) is 3.80. The zero-order chi connectivity index (χ0) is 8.81. The van der Waals surface area contributed by atoms with Gasteiger partial charge in [0.2, 0.25) is 0 Å². The lowest BCUT2D eigenvalue weighted by molar-refractivity contribution is 0.608.